The fraction of sp³-hybridized carbons (Fsp3) is 0.500. The van der Waals surface area contributed by atoms with Gasteiger partial charge in [0, 0.05) is 24.5 Å². The van der Waals surface area contributed by atoms with Gasteiger partial charge >= 0.3 is 5.97 Å². The quantitative estimate of drug-likeness (QED) is 0.789. The van der Waals surface area contributed by atoms with Crippen molar-refractivity contribution in [1.29, 1.82) is 0 Å². The summed E-state index contributed by atoms with van der Waals surface area (Å²) in [4.78, 5) is 13.3. The number of carboxylic acid groups (broad SMARTS) is 1. The number of nitrogens with zero attached hydrogens (tertiary/aromatic N) is 1. The Morgan fingerprint density at radius 2 is 2.11 bits per heavy atom. The molecule has 2 unspecified atom stereocenters. The average molecular weight is 248 g/mol. The van der Waals surface area contributed by atoms with Gasteiger partial charge in [0.25, 0.3) is 0 Å². The van der Waals surface area contributed by atoms with Crippen LogP contribution in [-0.2, 0) is 0 Å². The first kappa shape index (κ1) is 12.7. The molecule has 18 heavy (non-hydrogen) atoms. The van der Waals surface area contributed by atoms with Crippen molar-refractivity contribution in [3.8, 4) is 0 Å². The molecular weight excluding hydrogens is 228 g/mol. The normalized spacial score (nSPS) is 24.0. The zero-order valence-corrected chi connectivity index (χ0v) is 10.9. The zero-order chi connectivity index (χ0) is 13.3. The minimum atomic E-state index is -0.965. The van der Waals surface area contributed by atoms with Crippen LogP contribution >= 0.6 is 0 Å². The number of nitrogen functional groups attached to an aromatic ring is 1. The molecular formula is C14H20N2O2. The van der Waals surface area contributed by atoms with E-state index in [1.807, 2.05) is 6.07 Å². The van der Waals surface area contributed by atoms with E-state index in [4.69, 9.17) is 10.8 Å². The van der Waals surface area contributed by atoms with E-state index in [1.54, 1.807) is 12.1 Å². The molecule has 3 N–H and O–H groups in total. The number of piperidine rings is 1. The fourth-order valence-electron chi connectivity index (χ4n) is 2.42. The van der Waals surface area contributed by atoms with Crippen LogP contribution in [0.5, 0.6) is 0 Å². The van der Waals surface area contributed by atoms with Crippen molar-refractivity contribution in [3.63, 3.8) is 0 Å². The summed E-state index contributed by atoms with van der Waals surface area (Å²) in [6.07, 6.45) is 1.15. The summed E-state index contributed by atoms with van der Waals surface area (Å²) in [6, 6.07) is 5.27. The van der Waals surface area contributed by atoms with Gasteiger partial charge in [-0.2, -0.15) is 0 Å². The van der Waals surface area contributed by atoms with Gasteiger partial charge in [0.2, 0.25) is 0 Å². The Labute approximate surface area is 107 Å². The average Bonchev–Trinajstić information content (AvgIpc) is 2.33. The molecule has 0 radical (unpaired) electrons. The second-order valence-electron chi connectivity index (χ2n) is 5.27. The Balaban J connectivity index is 2.24. The van der Waals surface area contributed by atoms with Crippen molar-refractivity contribution >= 4 is 17.3 Å². The van der Waals surface area contributed by atoms with Gasteiger partial charge in [-0.15, -0.1) is 0 Å². The molecule has 4 nitrogen and oxygen atoms in total. The summed E-state index contributed by atoms with van der Waals surface area (Å²) in [5.41, 5.74) is 7.15. The van der Waals surface area contributed by atoms with Gasteiger partial charge in [0.15, 0.2) is 0 Å². The first-order chi connectivity index (χ1) is 8.49. The second kappa shape index (κ2) is 4.88. The highest BCUT2D eigenvalue weighted by molar-refractivity contribution is 5.94. The minimum Gasteiger partial charge on any atom is -0.478 e. The predicted molar refractivity (Wildman–Crippen MR) is 73.0 cm³/mol. The van der Waals surface area contributed by atoms with Crippen molar-refractivity contribution in [3.05, 3.63) is 23.8 Å². The summed E-state index contributed by atoms with van der Waals surface area (Å²) in [7, 11) is 0. The summed E-state index contributed by atoms with van der Waals surface area (Å²) in [6.45, 7) is 6.47. The molecule has 98 valence electrons. The summed E-state index contributed by atoms with van der Waals surface area (Å²) >= 11 is 0. The van der Waals surface area contributed by atoms with Crippen molar-refractivity contribution in [2.45, 2.75) is 20.3 Å². The third-order valence-electron chi connectivity index (χ3n) is 3.97. The van der Waals surface area contributed by atoms with Crippen LogP contribution in [0.4, 0.5) is 11.4 Å². The number of hydrogen-bond donors (Lipinski definition) is 2. The smallest absolute Gasteiger partial charge is 0.337 e. The van der Waals surface area contributed by atoms with Gasteiger partial charge in [-0.25, -0.2) is 4.79 Å². The molecule has 1 saturated heterocycles. The van der Waals surface area contributed by atoms with Gasteiger partial charge in [0.1, 0.15) is 0 Å². The maximum Gasteiger partial charge on any atom is 0.337 e. The lowest BCUT2D eigenvalue weighted by molar-refractivity contribution is 0.0698. The standard InChI is InChI=1S/C14H20N2O2/c1-9-5-6-16(8-10(9)2)11-3-4-13(15)12(7-11)14(17)18/h3-4,7,9-10H,5-6,8,15H2,1-2H3,(H,17,18). The highest BCUT2D eigenvalue weighted by Crippen LogP contribution is 2.28. The lowest BCUT2D eigenvalue weighted by atomic mass is 9.88. The van der Waals surface area contributed by atoms with E-state index in [1.165, 1.54) is 0 Å². The Morgan fingerprint density at radius 1 is 1.39 bits per heavy atom. The molecule has 4 heteroatoms. The van der Waals surface area contributed by atoms with E-state index in [9.17, 15) is 4.79 Å². The Hall–Kier alpha value is -1.71. The molecule has 1 aromatic rings. The lowest BCUT2D eigenvalue weighted by Crippen LogP contribution is -2.38. The number of aromatic carboxylic acids is 1. The first-order valence-corrected chi connectivity index (χ1v) is 6.37. The van der Waals surface area contributed by atoms with Gasteiger partial charge < -0.3 is 15.7 Å². The Bertz CT molecular complexity index is 459. The van der Waals surface area contributed by atoms with E-state index < -0.39 is 5.97 Å². The zero-order valence-electron chi connectivity index (χ0n) is 10.9. The van der Waals surface area contributed by atoms with Crippen LogP contribution in [0.3, 0.4) is 0 Å². The largest absolute Gasteiger partial charge is 0.478 e. The lowest BCUT2D eigenvalue weighted by Gasteiger charge is -2.37. The van der Waals surface area contributed by atoms with E-state index in [0.29, 0.717) is 11.6 Å². The monoisotopic (exact) mass is 248 g/mol. The van der Waals surface area contributed by atoms with Crippen LogP contribution < -0.4 is 10.6 Å². The number of nitrogens with two attached hydrogens (primary N) is 1. The number of rotatable bonds is 2. The maximum absolute atomic E-state index is 11.1. The van der Waals surface area contributed by atoms with Crippen LogP contribution in [0.1, 0.15) is 30.6 Å². The summed E-state index contributed by atoms with van der Waals surface area (Å²) < 4.78 is 0. The van der Waals surface area contributed by atoms with Crippen LogP contribution in [0, 0.1) is 11.8 Å². The van der Waals surface area contributed by atoms with Gasteiger partial charge in [-0.1, -0.05) is 13.8 Å². The molecule has 1 heterocycles. The Kier molecular flexibility index (Phi) is 3.45. The van der Waals surface area contributed by atoms with Crippen molar-refractivity contribution < 1.29 is 9.90 Å². The van der Waals surface area contributed by atoms with Crippen molar-refractivity contribution in [1.82, 2.24) is 0 Å². The van der Waals surface area contributed by atoms with Crippen LogP contribution in [0.15, 0.2) is 18.2 Å². The molecule has 2 rings (SSSR count). The van der Waals surface area contributed by atoms with E-state index in [0.717, 1.165) is 31.1 Å². The SMILES string of the molecule is CC1CCN(c2ccc(N)c(C(=O)O)c2)CC1C. The highest BCUT2D eigenvalue weighted by Gasteiger charge is 2.23. The fourth-order valence-corrected chi connectivity index (χ4v) is 2.42. The number of hydrogen-bond acceptors (Lipinski definition) is 3. The van der Waals surface area contributed by atoms with E-state index in [2.05, 4.69) is 18.7 Å². The predicted octanol–water partition coefficient (Wildman–Crippen LogP) is 2.45. The third-order valence-corrected chi connectivity index (χ3v) is 3.97. The molecule has 0 saturated carbocycles. The molecule has 0 bridgehead atoms. The van der Waals surface area contributed by atoms with Gasteiger partial charge in [-0.05, 0) is 36.5 Å². The van der Waals surface area contributed by atoms with Gasteiger partial charge in [-0.3, -0.25) is 0 Å². The van der Waals surface area contributed by atoms with E-state index >= 15 is 0 Å². The number of anilines is 2. The number of carbonyl (C=O) groups is 1. The van der Waals surface area contributed by atoms with Crippen molar-refractivity contribution in [2.24, 2.45) is 11.8 Å². The molecule has 2 atom stereocenters. The van der Waals surface area contributed by atoms with Crippen LogP contribution in [0.2, 0.25) is 0 Å². The summed E-state index contributed by atoms with van der Waals surface area (Å²) in [5.74, 6) is 0.395. The third kappa shape index (κ3) is 2.42. The van der Waals surface area contributed by atoms with Crippen LogP contribution in [0.25, 0.3) is 0 Å². The molecule has 1 aromatic carbocycles. The van der Waals surface area contributed by atoms with E-state index in [-0.39, 0.29) is 5.56 Å². The molecule has 0 amide bonds. The molecule has 0 aromatic heterocycles. The molecule has 1 aliphatic heterocycles. The summed E-state index contributed by atoms with van der Waals surface area (Å²) in [5, 5.41) is 9.08. The molecule has 0 aliphatic carbocycles. The molecule has 1 aliphatic rings. The molecule has 0 spiro atoms. The second-order valence-corrected chi connectivity index (χ2v) is 5.27. The number of carboxylic acids is 1. The Morgan fingerprint density at radius 3 is 2.72 bits per heavy atom. The van der Waals surface area contributed by atoms with Crippen molar-refractivity contribution in [2.75, 3.05) is 23.7 Å². The molecule has 1 fully saturated rings. The maximum atomic E-state index is 11.1. The van der Waals surface area contributed by atoms with Gasteiger partial charge in [0.05, 0.1) is 5.56 Å². The first-order valence-electron chi connectivity index (χ1n) is 6.37. The van der Waals surface area contributed by atoms with Crippen LogP contribution in [-0.4, -0.2) is 24.2 Å². The topological polar surface area (TPSA) is 66.6 Å². The highest BCUT2D eigenvalue weighted by atomic mass is 16.4. The minimum absolute atomic E-state index is 0.193. The number of benzene rings is 1.